The van der Waals surface area contributed by atoms with Crippen molar-refractivity contribution in [1.82, 2.24) is 4.90 Å². The molecule has 0 aliphatic rings. The summed E-state index contributed by atoms with van der Waals surface area (Å²) in [7, 11) is 0. The number of furan rings is 1. The Balaban J connectivity index is 1.90. The van der Waals surface area contributed by atoms with Crippen LogP contribution in [-0.2, 0) is 16.0 Å². The third-order valence-corrected chi connectivity index (χ3v) is 6.95. The van der Waals surface area contributed by atoms with Gasteiger partial charge in [0.15, 0.2) is 5.78 Å². The van der Waals surface area contributed by atoms with Crippen molar-refractivity contribution in [1.29, 1.82) is 0 Å². The number of halogens is 1. The monoisotopic (exact) mass is 591 g/mol. The van der Waals surface area contributed by atoms with E-state index in [-0.39, 0.29) is 18.3 Å². The van der Waals surface area contributed by atoms with E-state index in [9.17, 15) is 9.59 Å². The van der Waals surface area contributed by atoms with Crippen molar-refractivity contribution >= 4 is 45.3 Å². The van der Waals surface area contributed by atoms with Crippen molar-refractivity contribution in [2.75, 3.05) is 26.2 Å². The summed E-state index contributed by atoms with van der Waals surface area (Å²) >= 11 is 2.21. The van der Waals surface area contributed by atoms with E-state index in [1.165, 1.54) is 0 Å². The fourth-order valence-corrected chi connectivity index (χ4v) is 4.87. The lowest BCUT2D eigenvalue weighted by molar-refractivity contribution is -0.147. The molecule has 0 aliphatic carbocycles. The van der Waals surface area contributed by atoms with Crippen LogP contribution < -0.4 is 4.74 Å². The van der Waals surface area contributed by atoms with Crippen molar-refractivity contribution < 1.29 is 23.5 Å². The molecule has 0 fully saturated rings. The number of rotatable bonds is 12. The van der Waals surface area contributed by atoms with Crippen LogP contribution in [0.2, 0.25) is 0 Å². The second-order valence-electron chi connectivity index (χ2n) is 8.59. The Kier molecular flexibility index (Phi) is 9.74. The van der Waals surface area contributed by atoms with Gasteiger partial charge in [0.25, 0.3) is 0 Å². The number of ether oxygens (including phenoxy) is 2. The summed E-state index contributed by atoms with van der Waals surface area (Å²) in [5, 5.41) is 0.691. The number of carbonyl (C=O) groups is 2. The first kappa shape index (κ1) is 27.2. The molecule has 2 aromatic carbocycles. The molecular formula is C28H34INO5. The van der Waals surface area contributed by atoms with E-state index < -0.39 is 5.97 Å². The fraction of sp³-hybridized carbons (Fsp3) is 0.429. The van der Waals surface area contributed by atoms with Crippen LogP contribution in [0.1, 0.15) is 61.4 Å². The Labute approximate surface area is 221 Å². The normalized spacial score (nSPS) is 12.2. The van der Waals surface area contributed by atoms with Crippen molar-refractivity contribution in [2.24, 2.45) is 0 Å². The largest absolute Gasteiger partial charge is 0.491 e. The lowest BCUT2D eigenvalue weighted by Crippen LogP contribution is -2.28. The first-order valence-corrected chi connectivity index (χ1v) is 13.3. The van der Waals surface area contributed by atoms with Crippen molar-refractivity contribution in [3.05, 3.63) is 62.4 Å². The van der Waals surface area contributed by atoms with Crippen LogP contribution in [0.25, 0.3) is 11.0 Å². The van der Waals surface area contributed by atoms with Gasteiger partial charge >= 0.3 is 5.97 Å². The molecule has 0 unspecified atom stereocenters. The number of nitrogens with zero attached hydrogens (tertiary/aromatic N) is 1. The molecule has 0 bridgehead atoms. The summed E-state index contributed by atoms with van der Waals surface area (Å²) in [4.78, 5) is 28.5. The van der Waals surface area contributed by atoms with E-state index in [2.05, 4.69) is 41.3 Å². The van der Waals surface area contributed by atoms with Crippen LogP contribution in [0.4, 0.5) is 0 Å². The zero-order valence-corrected chi connectivity index (χ0v) is 23.3. The fourth-order valence-electron chi connectivity index (χ4n) is 3.96. The maximum absolute atomic E-state index is 13.7. The predicted molar refractivity (Wildman–Crippen MR) is 146 cm³/mol. The molecule has 0 spiro atoms. The molecule has 0 saturated heterocycles. The van der Waals surface area contributed by atoms with E-state index in [0.717, 1.165) is 40.9 Å². The number of esters is 1. The summed E-state index contributed by atoms with van der Waals surface area (Å²) in [6.45, 7) is 13.4. The molecule has 1 heterocycles. The molecule has 1 atom stereocenters. The third kappa shape index (κ3) is 6.64. The highest BCUT2D eigenvalue weighted by molar-refractivity contribution is 14.1. The zero-order chi connectivity index (χ0) is 25.5. The molecule has 0 aliphatic heterocycles. The second kappa shape index (κ2) is 12.5. The number of hydrogen-bond acceptors (Lipinski definition) is 6. The Morgan fingerprint density at radius 2 is 1.83 bits per heavy atom. The van der Waals surface area contributed by atoms with Crippen LogP contribution >= 0.6 is 22.6 Å². The molecule has 1 aromatic heterocycles. The average molecular weight is 591 g/mol. The second-order valence-corrected chi connectivity index (χ2v) is 9.75. The number of fused-ring (bicyclic) bond motifs is 1. The molecule has 188 valence electrons. The first-order valence-electron chi connectivity index (χ1n) is 12.2. The number of carbonyl (C=O) groups excluding carboxylic acids is 2. The summed E-state index contributed by atoms with van der Waals surface area (Å²) in [5.41, 5.74) is 2.41. The maximum Gasteiger partial charge on any atom is 0.313 e. The number of aryl methyl sites for hydroxylation is 1. The minimum absolute atomic E-state index is 0.0945. The Hall–Kier alpha value is -2.39. The maximum atomic E-state index is 13.7. The number of likely N-dealkylation sites (N-methyl/N-ethyl adjacent to an activating group) is 1. The quantitative estimate of drug-likeness (QED) is 0.142. The van der Waals surface area contributed by atoms with Gasteiger partial charge in [-0.3, -0.25) is 9.59 Å². The Morgan fingerprint density at radius 3 is 2.49 bits per heavy atom. The number of hydrogen-bond donors (Lipinski definition) is 0. The van der Waals surface area contributed by atoms with Crippen LogP contribution in [0.3, 0.4) is 0 Å². The Morgan fingerprint density at radius 1 is 1.11 bits per heavy atom. The van der Waals surface area contributed by atoms with Gasteiger partial charge in [-0.15, -0.1) is 0 Å². The molecule has 3 aromatic rings. The van der Waals surface area contributed by atoms with E-state index in [0.29, 0.717) is 34.5 Å². The van der Waals surface area contributed by atoms with Crippen molar-refractivity contribution in [2.45, 2.75) is 53.6 Å². The molecule has 7 heteroatoms. The van der Waals surface area contributed by atoms with Crippen LogP contribution in [-0.4, -0.2) is 49.0 Å². The summed E-state index contributed by atoms with van der Waals surface area (Å²) < 4.78 is 18.3. The molecule has 35 heavy (non-hydrogen) atoms. The van der Waals surface area contributed by atoms with Crippen molar-refractivity contribution in [3.8, 4) is 5.75 Å². The average Bonchev–Trinajstić information content (AvgIpc) is 3.19. The van der Waals surface area contributed by atoms with E-state index in [1.54, 1.807) is 6.07 Å². The molecule has 0 N–H and O–H groups in total. The number of para-hydroxylation sites is 1. The lowest BCUT2D eigenvalue weighted by Gasteiger charge is -2.19. The van der Waals surface area contributed by atoms with Gasteiger partial charge in [-0.1, -0.05) is 39.0 Å². The highest BCUT2D eigenvalue weighted by Gasteiger charge is 2.25. The van der Waals surface area contributed by atoms with Gasteiger partial charge in [0, 0.05) is 17.5 Å². The lowest BCUT2D eigenvalue weighted by atomic mass is 9.97. The summed E-state index contributed by atoms with van der Waals surface area (Å²) in [5.74, 6) is 0.535. The van der Waals surface area contributed by atoms with Crippen LogP contribution in [0.15, 0.2) is 40.8 Å². The van der Waals surface area contributed by atoms with Crippen LogP contribution in [0, 0.1) is 10.5 Å². The highest BCUT2D eigenvalue weighted by Crippen LogP contribution is 2.32. The van der Waals surface area contributed by atoms with Crippen LogP contribution in [0.5, 0.6) is 5.75 Å². The first-order chi connectivity index (χ1) is 16.8. The molecule has 0 saturated carbocycles. The third-order valence-electron chi connectivity index (χ3n) is 6.15. The number of benzene rings is 2. The number of ketones is 1. The minimum Gasteiger partial charge on any atom is -0.491 e. The molecular weight excluding hydrogens is 557 g/mol. The van der Waals surface area contributed by atoms with Gasteiger partial charge in [-0.25, -0.2) is 0 Å². The van der Waals surface area contributed by atoms with Gasteiger partial charge in [-0.2, -0.15) is 0 Å². The van der Waals surface area contributed by atoms with E-state index >= 15 is 0 Å². The molecule has 0 amide bonds. The van der Waals surface area contributed by atoms with E-state index in [4.69, 9.17) is 13.9 Å². The SMILES string of the molecule is CC[C@@H](C)OC(=O)Cc1oc2ccccc2c1C(=O)c1cc(C)c(OCCN(CC)CC)c(I)c1. The van der Waals surface area contributed by atoms with Gasteiger partial charge in [0.1, 0.15) is 30.1 Å². The van der Waals surface area contributed by atoms with E-state index in [1.807, 2.05) is 51.1 Å². The zero-order valence-electron chi connectivity index (χ0n) is 21.2. The summed E-state index contributed by atoms with van der Waals surface area (Å²) in [6.07, 6.45) is 0.436. The standard InChI is InChI=1S/C28H34INO5/c1-6-19(5)34-25(31)17-24-26(21-11-9-10-12-23(21)35-24)27(32)20-15-18(4)28(22(29)16-20)33-14-13-30(7-2)8-3/h9-12,15-16,19H,6-8,13-14,17H2,1-5H3/t19-/m1/s1. The molecule has 3 rings (SSSR count). The smallest absolute Gasteiger partial charge is 0.313 e. The highest BCUT2D eigenvalue weighted by atomic mass is 127. The predicted octanol–water partition coefficient (Wildman–Crippen LogP) is 6.18. The van der Waals surface area contributed by atoms with Gasteiger partial charge in [-0.05, 0) is 79.7 Å². The molecule has 6 nitrogen and oxygen atoms in total. The van der Waals surface area contributed by atoms with Gasteiger partial charge in [0.05, 0.1) is 15.2 Å². The molecule has 0 radical (unpaired) electrons. The topological polar surface area (TPSA) is 69.0 Å². The van der Waals surface area contributed by atoms with Gasteiger partial charge < -0.3 is 18.8 Å². The minimum atomic E-state index is -0.407. The van der Waals surface area contributed by atoms with Gasteiger partial charge in [0.2, 0.25) is 0 Å². The summed E-state index contributed by atoms with van der Waals surface area (Å²) in [6, 6.07) is 11.0. The van der Waals surface area contributed by atoms with Crippen molar-refractivity contribution in [3.63, 3.8) is 0 Å². The Bertz CT molecular complexity index is 1160.